The van der Waals surface area contributed by atoms with Gasteiger partial charge in [-0.15, -0.1) is 0 Å². The molecule has 0 amide bonds. The number of aromatic nitrogens is 6. The number of hydrogen-bond acceptors (Lipinski definition) is 11. The van der Waals surface area contributed by atoms with Gasteiger partial charge in [0.15, 0.2) is 0 Å². The van der Waals surface area contributed by atoms with Crippen molar-refractivity contribution in [3.63, 3.8) is 0 Å². The van der Waals surface area contributed by atoms with Gasteiger partial charge < -0.3 is 37.3 Å². The highest BCUT2D eigenvalue weighted by atomic mass is 127. The quantitative estimate of drug-likeness (QED) is 0.0511. The van der Waals surface area contributed by atoms with Crippen LogP contribution in [-0.2, 0) is 14.1 Å². The highest BCUT2D eigenvalue weighted by molar-refractivity contribution is 14.1. The average Bonchev–Trinajstić information content (AvgIpc) is 4.03. The monoisotopic (exact) mass is 953 g/mol. The first-order chi connectivity index (χ1) is 25.5. The first kappa shape index (κ1) is 54.6. The molecule has 0 saturated heterocycles. The van der Waals surface area contributed by atoms with E-state index in [2.05, 4.69) is 62.0 Å². The van der Waals surface area contributed by atoms with E-state index < -0.39 is 14.2 Å². The lowest BCUT2D eigenvalue weighted by molar-refractivity contribution is 0.403. The van der Waals surface area contributed by atoms with Gasteiger partial charge in [-0.25, -0.2) is 0 Å². The molecule has 2 aromatic heterocycles. The topological polar surface area (TPSA) is 220 Å². The summed E-state index contributed by atoms with van der Waals surface area (Å²) in [5.74, 6) is 1.60. The highest BCUT2D eigenvalue weighted by Gasteiger charge is 2.33. The summed E-state index contributed by atoms with van der Waals surface area (Å²) in [6.45, 7) is 5.95. The zero-order chi connectivity index (χ0) is 39.9. The van der Waals surface area contributed by atoms with Gasteiger partial charge in [0.1, 0.15) is 11.3 Å². The Morgan fingerprint density at radius 3 is 1.47 bits per heavy atom. The molecule has 2 heterocycles. The minimum absolute atomic E-state index is 0. The third-order valence-corrected chi connectivity index (χ3v) is 11.4. The van der Waals surface area contributed by atoms with Gasteiger partial charge in [-0.3, -0.25) is 0 Å². The third kappa shape index (κ3) is 15.7. The fraction of sp³-hybridized carbons (Fsp3) is 0.450. The van der Waals surface area contributed by atoms with Gasteiger partial charge >= 0.3 is 14.2 Å². The van der Waals surface area contributed by atoms with Crippen molar-refractivity contribution in [3.8, 4) is 11.3 Å². The van der Waals surface area contributed by atoms with Crippen molar-refractivity contribution in [2.45, 2.75) is 107 Å². The molecule has 18 heteroatoms. The number of hydrogen-bond donors (Lipinski definition) is 7. The largest absolute Gasteiger partial charge is 0.511 e. The van der Waals surface area contributed by atoms with Crippen molar-refractivity contribution in [1.82, 2.24) is 30.0 Å². The van der Waals surface area contributed by atoms with Crippen molar-refractivity contribution in [2.75, 3.05) is 17.2 Å². The lowest BCUT2D eigenvalue weighted by Crippen LogP contribution is -2.31. The normalized spacial score (nSPS) is 13.2. The average molecular weight is 954 g/mol. The molecule has 5 aromatic rings. The Bertz CT molecular complexity index is 2000. The van der Waals surface area contributed by atoms with E-state index in [1.54, 1.807) is 11.8 Å². The fourth-order valence-corrected chi connectivity index (χ4v) is 6.34. The minimum Gasteiger partial charge on any atom is -0.427 e. The summed E-state index contributed by atoms with van der Waals surface area (Å²) >= 11 is 14.2. The SMILES string of the molecule is C.C.C.C.Cc1c(N)ccc(C2CC2)c1-c1cnn(C)n1.Cc1c(N)ccc(C2CC2)c1Cl.Cc1c(N)ccc(I)c1Cl.Cn1ncc(B(O)O)n1.OB(O)C1CC1. The number of benzene rings is 3. The van der Waals surface area contributed by atoms with Gasteiger partial charge in [0.25, 0.3) is 0 Å². The molecule has 3 aliphatic rings. The molecule has 0 atom stereocenters. The maximum absolute atomic E-state index is 8.48. The van der Waals surface area contributed by atoms with Crippen molar-refractivity contribution in [2.24, 2.45) is 14.1 Å². The van der Waals surface area contributed by atoms with E-state index >= 15 is 0 Å². The fourth-order valence-electron chi connectivity index (χ4n) is 5.26. The summed E-state index contributed by atoms with van der Waals surface area (Å²) in [7, 11) is 0.886. The predicted molar refractivity (Wildman–Crippen MR) is 254 cm³/mol. The van der Waals surface area contributed by atoms with Crippen LogP contribution in [0.1, 0.15) is 108 Å². The molecule has 0 aliphatic heterocycles. The number of nitrogen functional groups attached to an aromatic ring is 3. The van der Waals surface area contributed by atoms with Crippen LogP contribution in [-0.4, -0.2) is 64.3 Å². The molecule has 3 fully saturated rings. The van der Waals surface area contributed by atoms with E-state index in [4.69, 9.17) is 60.5 Å². The maximum Gasteiger partial charge on any atom is 0.511 e. The van der Waals surface area contributed by atoms with E-state index in [0.29, 0.717) is 11.8 Å². The Kier molecular flexibility index (Phi) is 23.2. The van der Waals surface area contributed by atoms with Crippen molar-refractivity contribution < 1.29 is 20.1 Å². The Labute approximate surface area is 370 Å². The Morgan fingerprint density at radius 1 is 0.638 bits per heavy atom. The number of nitrogens with zero attached hydrogens (tertiary/aromatic N) is 6. The van der Waals surface area contributed by atoms with Crippen LogP contribution in [0.4, 0.5) is 17.1 Å². The molecule has 3 aliphatic carbocycles. The summed E-state index contributed by atoms with van der Waals surface area (Å²) in [5, 5.41) is 50.9. The Balaban J connectivity index is 0.000000714. The number of halogens is 3. The minimum atomic E-state index is -1.52. The van der Waals surface area contributed by atoms with Crippen molar-refractivity contribution in [3.05, 3.63) is 90.2 Å². The molecular formula is C40H64B2Cl2IN9O4. The third-order valence-electron chi connectivity index (χ3n) is 9.19. The van der Waals surface area contributed by atoms with Crippen LogP contribution in [0.2, 0.25) is 15.9 Å². The number of anilines is 3. The van der Waals surface area contributed by atoms with Crippen molar-refractivity contribution >= 4 is 82.7 Å². The zero-order valence-corrected chi connectivity index (χ0v) is 34.8. The van der Waals surface area contributed by atoms with E-state index in [1.165, 1.54) is 53.4 Å². The van der Waals surface area contributed by atoms with Crippen LogP contribution < -0.4 is 22.8 Å². The van der Waals surface area contributed by atoms with E-state index in [0.717, 1.165) is 65.9 Å². The van der Waals surface area contributed by atoms with Gasteiger partial charge in [-0.1, -0.05) is 77.9 Å². The second kappa shape index (κ2) is 24.6. The number of nitrogens with two attached hydrogens (primary N) is 3. The lowest BCUT2D eigenvalue weighted by atomic mass is 9.84. The molecule has 0 spiro atoms. The van der Waals surface area contributed by atoms with Gasteiger partial charge in [0.2, 0.25) is 0 Å². The molecule has 10 N–H and O–H groups in total. The molecule has 58 heavy (non-hydrogen) atoms. The molecule has 0 unspecified atom stereocenters. The standard InChI is InChI=1S/C13H16N4.C10H12ClN.C7H7ClIN.C3H6BN3O2.C3H7BO2.4CH4/c1-8-11(14)6-5-10(9-3-4-9)13(8)12-7-15-17(2)16-12;1-6-9(12)5-4-8(10(6)11)7-2-3-7;1-4-6(10)3-2-5(9)7(4)8;1-7-5-2-3(6-7)4(8)9;5-4(6)3-1-2-3;;;;/h5-7,9H,3-4,14H2,1-2H3;4-5,7H,2-3,12H2,1H3;2-3H,10H2,1H3;2,8-9H,1H3;3,5-6H,1-2H2;4*1H4. The molecule has 8 rings (SSSR count). The van der Waals surface area contributed by atoms with Crippen LogP contribution in [0.25, 0.3) is 11.3 Å². The summed E-state index contributed by atoms with van der Waals surface area (Å²) in [5.41, 5.74) is 27.8. The molecule has 0 radical (unpaired) electrons. The van der Waals surface area contributed by atoms with Crippen LogP contribution in [0.3, 0.4) is 0 Å². The first-order valence-electron chi connectivity index (χ1n) is 17.6. The zero-order valence-electron chi connectivity index (χ0n) is 31.1. The maximum atomic E-state index is 8.48. The summed E-state index contributed by atoms with van der Waals surface area (Å²) in [6.07, 6.45) is 10.2. The summed E-state index contributed by atoms with van der Waals surface area (Å²) in [6, 6.07) is 11.9. The Morgan fingerprint density at radius 2 is 1.09 bits per heavy atom. The van der Waals surface area contributed by atoms with E-state index in [9.17, 15) is 0 Å². The molecule has 320 valence electrons. The van der Waals surface area contributed by atoms with Gasteiger partial charge in [-0.05, 0) is 139 Å². The second-order valence-corrected chi connectivity index (χ2v) is 15.6. The van der Waals surface area contributed by atoms with Crippen molar-refractivity contribution in [1.29, 1.82) is 0 Å². The molecular weight excluding hydrogens is 890 g/mol. The number of aryl methyl sites for hydroxylation is 2. The first-order valence-corrected chi connectivity index (χ1v) is 19.4. The molecule has 3 saturated carbocycles. The van der Waals surface area contributed by atoms with Gasteiger partial charge in [0, 0.05) is 45.3 Å². The second-order valence-electron chi connectivity index (χ2n) is 13.7. The molecule has 0 bridgehead atoms. The van der Waals surface area contributed by atoms with Crippen LogP contribution in [0.5, 0.6) is 0 Å². The lowest BCUT2D eigenvalue weighted by Gasteiger charge is -2.11. The molecule has 3 aromatic carbocycles. The summed E-state index contributed by atoms with van der Waals surface area (Å²) < 4.78 is 1.05. The van der Waals surface area contributed by atoms with Gasteiger partial charge in [-0.2, -0.15) is 30.0 Å². The Hall–Kier alpha value is -3.38. The highest BCUT2D eigenvalue weighted by Crippen LogP contribution is 2.46. The molecule has 13 nitrogen and oxygen atoms in total. The van der Waals surface area contributed by atoms with Crippen LogP contribution in [0, 0.1) is 24.3 Å². The van der Waals surface area contributed by atoms with Gasteiger partial charge in [0.05, 0.1) is 17.4 Å². The van der Waals surface area contributed by atoms with Crippen LogP contribution in [0.15, 0.2) is 48.8 Å². The predicted octanol–water partition coefficient (Wildman–Crippen LogP) is 7.86. The van der Waals surface area contributed by atoms with E-state index in [-0.39, 0.29) is 41.1 Å². The van der Waals surface area contributed by atoms with E-state index in [1.807, 2.05) is 51.4 Å². The van der Waals surface area contributed by atoms with Crippen LogP contribution >= 0.6 is 45.8 Å². The number of rotatable bonds is 5. The summed E-state index contributed by atoms with van der Waals surface area (Å²) in [4.78, 5) is 2.85. The smallest absolute Gasteiger partial charge is 0.427 e.